The molecule has 2 spiro atoms. The monoisotopic (exact) mass is 543 g/mol. The summed E-state index contributed by atoms with van der Waals surface area (Å²) in [7, 11) is 0. The zero-order valence-electron chi connectivity index (χ0n) is 22.9. The fraction of sp³-hybridized carbons (Fsp3) is 0.562. The van der Waals surface area contributed by atoms with Gasteiger partial charge in [-0.1, -0.05) is 36.4 Å². The number of nitrogens with zero attached hydrogens (tertiary/aromatic N) is 2. The number of likely N-dealkylation sites (tertiary alicyclic amines) is 1. The van der Waals surface area contributed by atoms with Gasteiger partial charge in [0.2, 0.25) is 11.8 Å². The van der Waals surface area contributed by atoms with Crippen LogP contribution in [0.1, 0.15) is 62.1 Å². The summed E-state index contributed by atoms with van der Waals surface area (Å²) in [5.41, 5.74) is 0.503. The molecule has 7 aliphatic rings. The minimum atomic E-state index is -1.42. The van der Waals surface area contributed by atoms with E-state index < -0.39 is 28.7 Å². The molecule has 40 heavy (non-hydrogen) atoms. The number of phenolic OH excluding ortho intramolecular Hbond substituents is 1. The van der Waals surface area contributed by atoms with E-state index in [0.717, 1.165) is 42.6 Å². The van der Waals surface area contributed by atoms with E-state index in [0.29, 0.717) is 31.1 Å². The van der Waals surface area contributed by atoms with Gasteiger partial charge in [-0.25, -0.2) is 0 Å². The molecule has 0 unspecified atom stereocenters. The van der Waals surface area contributed by atoms with Crippen molar-refractivity contribution in [2.45, 2.75) is 93.2 Å². The number of amides is 2. The van der Waals surface area contributed by atoms with Crippen molar-refractivity contribution in [3.8, 4) is 11.5 Å². The summed E-state index contributed by atoms with van der Waals surface area (Å²) in [6.07, 6.45) is 4.52. The Morgan fingerprint density at radius 3 is 2.65 bits per heavy atom. The van der Waals surface area contributed by atoms with Gasteiger partial charge in [0.05, 0.1) is 23.4 Å². The average Bonchev–Trinajstić information content (AvgIpc) is 3.68. The molecule has 3 aliphatic carbocycles. The first-order chi connectivity index (χ1) is 19.3. The molecule has 210 valence electrons. The predicted octanol–water partition coefficient (Wildman–Crippen LogP) is 2.63. The van der Waals surface area contributed by atoms with Gasteiger partial charge >= 0.3 is 0 Å². The average molecular weight is 544 g/mol. The highest BCUT2D eigenvalue weighted by Gasteiger charge is 2.83. The molecule has 8 nitrogen and oxygen atoms in total. The number of hydrogen-bond acceptors (Lipinski definition) is 6. The Hall–Kier alpha value is -3.10. The Labute approximate surface area is 234 Å². The van der Waals surface area contributed by atoms with Gasteiger partial charge in [0, 0.05) is 31.6 Å². The predicted molar refractivity (Wildman–Crippen MR) is 147 cm³/mol. The van der Waals surface area contributed by atoms with Crippen molar-refractivity contribution in [1.82, 2.24) is 15.1 Å². The summed E-state index contributed by atoms with van der Waals surface area (Å²) in [6, 6.07) is 12.8. The van der Waals surface area contributed by atoms with Crippen LogP contribution in [0.15, 0.2) is 42.5 Å². The number of ether oxygens (including phenoxy) is 1. The number of rotatable bonds is 6. The zero-order valence-corrected chi connectivity index (χ0v) is 22.9. The topological polar surface area (TPSA) is 102 Å². The van der Waals surface area contributed by atoms with Gasteiger partial charge in [-0.05, 0) is 68.2 Å². The molecular formula is C32H37N3O5. The van der Waals surface area contributed by atoms with Gasteiger partial charge in [0.15, 0.2) is 11.5 Å². The van der Waals surface area contributed by atoms with Crippen molar-refractivity contribution in [2.75, 3.05) is 13.1 Å². The number of piperidine rings is 3. The molecule has 4 aliphatic heterocycles. The van der Waals surface area contributed by atoms with E-state index >= 15 is 0 Å². The lowest BCUT2D eigenvalue weighted by molar-refractivity contribution is -0.284. The fourth-order valence-electron chi connectivity index (χ4n) is 9.68. The van der Waals surface area contributed by atoms with Crippen LogP contribution < -0.4 is 10.1 Å². The Balaban J connectivity index is 1.24. The van der Waals surface area contributed by atoms with Crippen molar-refractivity contribution >= 4 is 11.8 Å². The quantitative estimate of drug-likeness (QED) is 0.518. The first-order valence-electron chi connectivity index (χ1n) is 14.9. The van der Waals surface area contributed by atoms with E-state index in [9.17, 15) is 19.8 Å². The minimum absolute atomic E-state index is 0.00509. The van der Waals surface area contributed by atoms with Crippen LogP contribution in [-0.2, 0) is 28.0 Å². The largest absolute Gasteiger partial charge is 0.504 e. The van der Waals surface area contributed by atoms with Gasteiger partial charge in [-0.3, -0.25) is 14.5 Å². The second-order valence-electron chi connectivity index (χ2n) is 13.1. The molecule has 8 heteroatoms. The van der Waals surface area contributed by atoms with Gasteiger partial charge in [-0.15, -0.1) is 0 Å². The van der Waals surface area contributed by atoms with Crippen LogP contribution in [0, 0.1) is 5.92 Å². The van der Waals surface area contributed by atoms with E-state index in [-0.39, 0.29) is 30.0 Å². The maximum atomic E-state index is 13.8. The standard InChI is InChI=1S/C32H37N3O5/c1-19(36)35-24(16-26(38)33-17-20-5-3-2-4-6-20)31(39)11-12-32(35)25-15-22-9-10-23(37)28-27(22)30(32,29(31)40-28)13-14-34(25)18-21-7-8-21/h2-6,9-10,21,24-25,29,37,39H,7-8,11-18H2,1H3,(H,33,38)/t24-,25+,29+,30+,31+,32+/m0/s1. The minimum Gasteiger partial charge on any atom is -0.504 e. The third-order valence-electron chi connectivity index (χ3n) is 11.2. The Morgan fingerprint density at radius 2 is 1.90 bits per heavy atom. The third-order valence-corrected chi connectivity index (χ3v) is 11.2. The lowest BCUT2D eigenvalue weighted by Gasteiger charge is -2.76. The van der Waals surface area contributed by atoms with Crippen molar-refractivity contribution in [3.63, 3.8) is 0 Å². The molecule has 9 rings (SSSR count). The molecule has 4 heterocycles. The summed E-state index contributed by atoms with van der Waals surface area (Å²) in [4.78, 5) is 31.8. The van der Waals surface area contributed by atoms with E-state index in [1.165, 1.54) is 12.8 Å². The van der Waals surface area contributed by atoms with Crippen molar-refractivity contribution in [2.24, 2.45) is 5.92 Å². The third kappa shape index (κ3) is 2.99. The molecule has 3 N–H and O–H groups in total. The molecule has 2 amide bonds. The van der Waals surface area contributed by atoms with E-state index in [1.807, 2.05) is 41.3 Å². The van der Waals surface area contributed by atoms with Gasteiger partial charge in [0.25, 0.3) is 0 Å². The van der Waals surface area contributed by atoms with Crippen molar-refractivity contribution in [3.05, 3.63) is 59.2 Å². The van der Waals surface area contributed by atoms with E-state index in [4.69, 9.17) is 4.74 Å². The van der Waals surface area contributed by atoms with Crippen LogP contribution in [0.3, 0.4) is 0 Å². The molecule has 0 aromatic heterocycles. The fourth-order valence-corrected chi connectivity index (χ4v) is 9.68. The van der Waals surface area contributed by atoms with Crippen LogP contribution in [0.25, 0.3) is 0 Å². The van der Waals surface area contributed by atoms with Crippen molar-refractivity contribution in [1.29, 1.82) is 0 Å². The van der Waals surface area contributed by atoms with Crippen LogP contribution in [-0.4, -0.2) is 74.2 Å². The van der Waals surface area contributed by atoms with E-state index in [1.54, 1.807) is 13.0 Å². The lowest BCUT2D eigenvalue weighted by atomic mass is 9.40. The molecule has 5 fully saturated rings. The number of fused-ring (bicyclic) bond motifs is 2. The molecule has 2 aromatic rings. The normalized spacial score (nSPS) is 36.6. The van der Waals surface area contributed by atoms with Gasteiger partial charge in [-0.2, -0.15) is 0 Å². The SMILES string of the molecule is CC(=O)N1[C@@H](CC(=O)NCc2ccccc2)[C@]2(O)CC[C@]13[C@H]1Cc4ccc(O)c5c4[C@]3(CCN1CC1CC1)[C@H]2O5. The molecule has 3 saturated heterocycles. The number of phenols is 1. The summed E-state index contributed by atoms with van der Waals surface area (Å²) in [5, 5.41) is 26.6. The molecule has 0 radical (unpaired) electrons. The maximum absolute atomic E-state index is 13.8. The first kappa shape index (κ1) is 24.7. The number of nitrogens with one attached hydrogen (secondary N) is 1. The number of carbonyl (C=O) groups excluding carboxylic acids is 2. The van der Waals surface area contributed by atoms with Crippen LogP contribution in [0.5, 0.6) is 11.5 Å². The highest BCUT2D eigenvalue weighted by atomic mass is 16.5. The summed E-state index contributed by atoms with van der Waals surface area (Å²) in [5.74, 6) is 0.964. The Bertz CT molecular complexity index is 1410. The molecular weight excluding hydrogens is 506 g/mol. The molecule has 2 saturated carbocycles. The van der Waals surface area contributed by atoms with Gasteiger partial charge < -0.3 is 25.2 Å². The summed E-state index contributed by atoms with van der Waals surface area (Å²) in [6.45, 7) is 3.88. The second kappa shape index (κ2) is 8.23. The number of hydrogen-bond donors (Lipinski definition) is 3. The Morgan fingerprint density at radius 1 is 1.10 bits per heavy atom. The van der Waals surface area contributed by atoms with Crippen LogP contribution in [0.2, 0.25) is 0 Å². The number of carbonyl (C=O) groups is 2. The smallest absolute Gasteiger partial charge is 0.222 e. The second-order valence-corrected chi connectivity index (χ2v) is 13.1. The number of aliphatic hydroxyl groups is 1. The Kier molecular flexibility index (Phi) is 5.08. The van der Waals surface area contributed by atoms with E-state index in [2.05, 4.69) is 10.2 Å². The molecule has 6 atom stereocenters. The zero-order chi connectivity index (χ0) is 27.4. The van der Waals surface area contributed by atoms with Crippen LogP contribution >= 0.6 is 0 Å². The highest BCUT2D eigenvalue weighted by molar-refractivity contribution is 5.82. The summed E-state index contributed by atoms with van der Waals surface area (Å²) < 4.78 is 6.65. The molecule has 4 bridgehead atoms. The molecule has 2 aromatic carbocycles. The number of aromatic hydroxyl groups is 1. The highest BCUT2D eigenvalue weighted by Crippen LogP contribution is 2.72. The first-order valence-corrected chi connectivity index (χ1v) is 14.9. The van der Waals surface area contributed by atoms with Gasteiger partial charge in [0.1, 0.15) is 11.7 Å². The maximum Gasteiger partial charge on any atom is 0.222 e. The summed E-state index contributed by atoms with van der Waals surface area (Å²) >= 11 is 0. The lowest BCUT2D eigenvalue weighted by Crippen LogP contribution is -2.92. The number of benzene rings is 2. The van der Waals surface area contributed by atoms with Crippen molar-refractivity contribution < 1.29 is 24.5 Å². The van der Waals surface area contributed by atoms with Crippen LogP contribution in [0.4, 0.5) is 0 Å².